The molecule has 0 aromatic heterocycles. The van der Waals surface area contributed by atoms with E-state index < -0.39 is 36.5 Å². The van der Waals surface area contributed by atoms with E-state index in [-0.39, 0.29) is 53.8 Å². The molecule has 5 atom stereocenters. The van der Waals surface area contributed by atoms with Crippen LogP contribution in [0.1, 0.15) is 70.6 Å². The molecule has 0 aromatic rings. The first-order valence-electron chi connectivity index (χ1n) is 14.1. The minimum absolute atomic E-state index is 0. The average Bonchev–Trinajstić information content (AvgIpc) is 3.36. The molecule has 0 radical (unpaired) electrons. The SMILES string of the molecule is O=C1NS(=O)(=O)C2CCCCC12.O=C1[N-]S(=O)(=O)C2CCCCC12.OCC1=CC=CC[N-]1.OCC1CCCC[N-]1.[Co+3]. The summed E-state index contributed by atoms with van der Waals surface area (Å²) in [7, 11) is -6.72. The molecule has 15 heteroatoms. The van der Waals surface area contributed by atoms with Crippen molar-refractivity contribution in [3.63, 3.8) is 0 Å². The average molecular weight is 661 g/mol. The normalized spacial score (nSPS) is 32.0. The van der Waals surface area contributed by atoms with Crippen LogP contribution in [0.3, 0.4) is 0 Å². The van der Waals surface area contributed by atoms with Crippen LogP contribution < -0.4 is 4.72 Å². The van der Waals surface area contributed by atoms with Crippen molar-refractivity contribution < 1.29 is 53.4 Å². The predicted molar refractivity (Wildman–Crippen MR) is 151 cm³/mol. The van der Waals surface area contributed by atoms with E-state index in [1.807, 2.05) is 18.2 Å². The van der Waals surface area contributed by atoms with Crippen LogP contribution in [0.15, 0.2) is 23.9 Å². The van der Waals surface area contributed by atoms with Gasteiger partial charge in [-0.05, 0) is 25.7 Å². The number of fused-ring (bicyclic) bond motifs is 2. The van der Waals surface area contributed by atoms with Crippen LogP contribution in [-0.2, 0) is 46.4 Å². The van der Waals surface area contributed by atoms with Crippen molar-refractivity contribution in [3.05, 3.63) is 39.3 Å². The molecule has 12 nitrogen and oxygen atoms in total. The first-order chi connectivity index (χ1) is 19.1. The van der Waals surface area contributed by atoms with E-state index in [1.54, 1.807) is 0 Å². The maximum atomic E-state index is 11.3. The van der Waals surface area contributed by atoms with Gasteiger partial charge in [0.2, 0.25) is 15.9 Å². The van der Waals surface area contributed by atoms with Crippen LogP contribution in [0.4, 0.5) is 0 Å². The number of carbonyl (C=O) groups is 2. The van der Waals surface area contributed by atoms with Crippen molar-refractivity contribution in [2.45, 2.75) is 87.2 Å². The summed E-state index contributed by atoms with van der Waals surface area (Å²) in [6.45, 7) is 1.99. The standard InChI is InChI=1S/2C7H11NO3S.C6H12NO.C6H8NO.Co/c2*9-7-5-3-1-2-4-6(5)12(10,11)8-7;2*8-5-6-3-1-2-4-7-6;/h2*5-6H,1-4H2,(H,8,9);6,8H,1-5H2;1-3,8H,4-5H2;/q;;2*-1;+3/p-1. The van der Waals surface area contributed by atoms with E-state index in [9.17, 15) is 26.4 Å². The second-order valence-corrected chi connectivity index (χ2v) is 14.4. The van der Waals surface area contributed by atoms with Gasteiger partial charge in [0.15, 0.2) is 0 Å². The number of aliphatic hydroxyl groups is 2. The number of aliphatic hydroxyl groups excluding tert-OH is 2. The molecule has 234 valence electrons. The minimum Gasteiger partial charge on any atom is -0.683 e. The first-order valence-corrected chi connectivity index (χ1v) is 17.1. The molecular weight excluding hydrogens is 619 g/mol. The van der Waals surface area contributed by atoms with Gasteiger partial charge in [-0.15, -0.1) is 30.9 Å². The molecule has 3 N–H and O–H groups in total. The van der Waals surface area contributed by atoms with E-state index in [4.69, 9.17) is 10.2 Å². The summed E-state index contributed by atoms with van der Waals surface area (Å²) in [4.78, 5) is 22.2. The van der Waals surface area contributed by atoms with Gasteiger partial charge in [0, 0.05) is 19.1 Å². The summed E-state index contributed by atoms with van der Waals surface area (Å²) in [5.41, 5.74) is 0.771. The van der Waals surface area contributed by atoms with Crippen LogP contribution in [0.5, 0.6) is 0 Å². The fraction of sp³-hybridized carbons (Fsp3) is 0.769. The number of piperidine rings is 1. The Labute approximate surface area is 253 Å². The van der Waals surface area contributed by atoms with E-state index >= 15 is 0 Å². The summed E-state index contributed by atoms with van der Waals surface area (Å²) >= 11 is 0. The monoisotopic (exact) mass is 660 g/mol. The fourth-order valence-electron chi connectivity index (χ4n) is 5.63. The second-order valence-electron chi connectivity index (χ2n) is 10.6. The summed E-state index contributed by atoms with van der Waals surface area (Å²) in [5.74, 6) is -1.29. The Bertz CT molecular complexity index is 1080. The number of hydrogen-bond acceptors (Lipinski definition) is 8. The molecule has 4 heterocycles. The third-order valence-corrected chi connectivity index (χ3v) is 11.4. The molecule has 5 fully saturated rings. The summed E-state index contributed by atoms with van der Waals surface area (Å²) in [6.07, 6.45) is 15.7. The quantitative estimate of drug-likeness (QED) is 0.401. The van der Waals surface area contributed by atoms with Gasteiger partial charge in [-0.1, -0.05) is 57.1 Å². The van der Waals surface area contributed by atoms with E-state index in [2.05, 4.69) is 20.1 Å². The number of sulfonamides is 2. The Hall–Kier alpha value is -1.49. The number of nitrogens with zero attached hydrogens (tertiary/aromatic N) is 3. The molecule has 2 saturated carbocycles. The summed E-state index contributed by atoms with van der Waals surface area (Å²) in [5, 5.41) is 24.3. The molecule has 6 rings (SSSR count). The van der Waals surface area contributed by atoms with Crippen molar-refractivity contribution in [1.29, 1.82) is 0 Å². The Kier molecular flexibility index (Phi) is 14.8. The number of nitrogens with one attached hydrogen (secondary N) is 1. The van der Waals surface area contributed by atoms with Gasteiger partial charge in [0.25, 0.3) is 0 Å². The van der Waals surface area contributed by atoms with Crippen molar-refractivity contribution in [3.8, 4) is 0 Å². The Balaban J connectivity index is 0.000000193. The van der Waals surface area contributed by atoms with Crippen molar-refractivity contribution >= 4 is 31.9 Å². The predicted octanol–water partition coefficient (Wildman–Crippen LogP) is 2.50. The molecular formula is C26H41CoN4O8S2. The van der Waals surface area contributed by atoms with Gasteiger partial charge < -0.3 is 30.4 Å². The summed E-state index contributed by atoms with van der Waals surface area (Å²) in [6, 6.07) is 0.267. The zero-order valence-corrected chi connectivity index (χ0v) is 25.7. The molecule has 0 spiro atoms. The second kappa shape index (κ2) is 17.0. The van der Waals surface area contributed by atoms with Gasteiger partial charge >= 0.3 is 16.8 Å². The Morgan fingerprint density at radius 3 is 1.98 bits per heavy atom. The smallest absolute Gasteiger partial charge is 0.683 e. The molecule has 2 aliphatic carbocycles. The third kappa shape index (κ3) is 10.3. The Morgan fingerprint density at radius 2 is 1.49 bits per heavy atom. The minimum atomic E-state index is -3.42. The van der Waals surface area contributed by atoms with Crippen LogP contribution in [0, 0.1) is 11.8 Å². The number of allylic oxidation sites excluding steroid dienone is 2. The molecule has 41 heavy (non-hydrogen) atoms. The third-order valence-electron chi connectivity index (χ3n) is 7.83. The van der Waals surface area contributed by atoms with Gasteiger partial charge in [-0.25, -0.2) is 16.8 Å². The Morgan fingerprint density at radius 1 is 0.854 bits per heavy atom. The number of amides is 2. The van der Waals surface area contributed by atoms with E-state index in [0.717, 1.165) is 50.8 Å². The number of hydrogen-bond donors (Lipinski definition) is 3. The van der Waals surface area contributed by atoms with E-state index in [0.29, 0.717) is 25.8 Å². The van der Waals surface area contributed by atoms with Gasteiger partial charge in [-0.2, -0.15) is 0 Å². The van der Waals surface area contributed by atoms with Gasteiger partial charge in [-0.3, -0.25) is 9.52 Å². The van der Waals surface area contributed by atoms with Crippen LogP contribution in [0.2, 0.25) is 0 Å². The first kappa shape index (κ1) is 35.7. The zero-order chi connectivity index (χ0) is 29.2. The van der Waals surface area contributed by atoms with Crippen molar-refractivity contribution in [2.24, 2.45) is 11.8 Å². The van der Waals surface area contributed by atoms with Crippen molar-refractivity contribution in [2.75, 3.05) is 26.3 Å². The molecule has 0 bridgehead atoms. The van der Waals surface area contributed by atoms with E-state index in [1.165, 1.54) is 12.8 Å². The van der Waals surface area contributed by atoms with Crippen molar-refractivity contribution in [1.82, 2.24) is 4.72 Å². The van der Waals surface area contributed by atoms with Crippen LogP contribution >= 0.6 is 0 Å². The molecule has 2 amide bonds. The molecule has 6 aliphatic rings. The zero-order valence-electron chi connectivity index (χ0n) is 23.1. The summed E-state index contributed by atoms with van der Waals surface area (Å²) < 4.78 is 50.3. The van der Waals surface area contributed by atoms with Gasteiger partial charge in [0.05, 0.1) is 32.3 Å². The molecule has 4 aliphatic heterocycles. The molecule has 3 saturated heterocycles. The fourth-order valence-corrected chi connectivity index (χ4v) is 9.03. The van der Waals surface area contributed by atoms with Crippen LogP contribution in [0.25, 0.3) is 15.4 Å². The number of rotatable bonds is 2. The molecule has 5 unspecified atom stereocenters. The molecule has 0 aromatic carbocycles. The topological polar surface area (TPSA) is 197 Å². The largest absolute Gasteiger partial charge is 3.00 e. The maximum Gasteiger partial charge on any atom is 3.00 e. The van der Waals surface area contributed by atoms with Gasteiger partial charge in [0.1, 0.15) is 0 Å². The maximum absolute atomic E-state index is 11.3. The van der Waals surface area contributed by atoms with Crippen LogP contribution in [-0.4, -0.2) is 81.7 Å². The number of carbonyl (C=O) groups excluding carboxylic acids is 2.